The number of nitrogens with zero attached hydrogens (tertiary/aromatic N) is 5. The van der Waals surface area contributed by atoms with E-state index in [9.17, 15) is 8.78 Å². The van der Waals surface area contributed by atoms with Crippen LogP contribution in [0.2, 0.25) is 0 Å². The third-order valence-electron chi connectivity index (χ3n) is 3.40. The number of aromatic nitrogens is 3. The van der Waals surface area contributed by atoms with Crippen LogP contribution in [0.15, 0.2) is 57.3 Å². The Morgan fingerprint density at radius 3 is 2.72 bits per heavy atom. The normalized spacial score (nSPS) is 12.5. The first-order valence-electron chi connectivity index (χ1n) is 7.31. The predicted octanol–water partition coefficient (Wildman–Crippen LogP) is 4.38. The summed E-state index contributed by atoms with van der Waals surface area (Å²) in [5.41, 5.74) is 1.51. The zero-order chi connectivity index (χ0) is 17.8. The number of rotatable bonds is 4. The fourth-order valence-electron chi connectivity index (χ4n) is 2.18. The first kappa shape index (κ1) is 16.6. The van der Waals surface area contributed by atoms with Gasteiger partial charge in [0.05, 0.1) is 11.3 Å². The molecule has 2 aromatic heterocycles. The minimum atomic E-state index is -0.655. The van der Waals surface area contributed by atoms with Gasteiger partial charge in [0.2, 0.25) is 5.82 Å². The molecule has 1 aromatic carbocycles. The molecule has 0 saturated heterocycles. The topological polar surface area (TPSA) is 76.5 Å². The highest BCUT2D eigenvalue weighted by Crippen LogP contribution is 2.28. The van der Waals surface area contributed by atoms with Crippen LogP contribution in [0.5, 0.6) is 0 Å². The molecular formula is C17H13F2N5O. The summed E-state index contributed by atoms with van der Waals surface area (Å²) in [7, 11) is 1.50. The molecule has 0 N–H and O–H groups in total. The lowest BCUT2D eigenvalue weighted by atomic mass is 10.1. The quantitative estimate of drug-likeness (QED) is 0.660. The number of hydrogen-bond donors (Lipinski definition) is 0. The lowest BCUT2D eigenvalue weighted by molar-refractivity contribution is 0.407. The zero-order valence-electron chi connectivity index (χ0n) is 13.4. The van der Waals surface area contributed by atoms with Crippen LogP contribution in [0.25, 0.3) is 22.7 Å². The Morgan fingerprint density at radius 2 is 2.00 bits per heavy atom. The highest BCUT2D eigenvalue weighted by atomic mass is 19.1. The van der Waals surface area contributed by atoms with Crippen molar-refractivity contribution < 1.29 is 13.3 Å². The number of hydrogen-bond acceptors (Lipinski definition) is 6. The van der Waals surface area contributed by atoms with Gasteiger partial charge in [0.25, 0.3) is 5.89 Å². The molecule has 0 amide bonds. The molecule has 126 valence electrons. The second-order valence-electron chi connectivity index (χ2n) is 5.04. The average Bonchev–Trinajstić information content (AvgIpc) is 3.11. The van der Waals surface area contributed by atoms with Gasteiger partial charge in [0.15, 0.2) is 5.70 Å². The molecule has 0 aliphatic rings. The summed E-state index contributed by atoms with van der Waals surface area (Å²) >= 11 is 0. The van der Waals surface area contributed by atoms with E-state index in [1.165, 1.54) is 7.05 Å². The molecule has 0 radical (unpaired) electrons. The Morgan fingerprint density at radius 1 is 1.16 bits per heavy atom. The van der Waals surface area contributed by atoms with Crippen molar-refractivity contribution in [1.29, 1.82) is 0 Å². The lowest BCUT2D eigenvalue weighted by Crippen LogP contribution is -1.92. The molecule has 3 aromatic rings. The molecule has 0 unspecified atom stereocenters. The Bertz CT molecular complexity index is 951. The monoisotopic (exact) mass is 341 g/mol. The van der Waals surface area contributed by atoms with Gasteiger partial charge < -0.3 is 4.52 Å². The number of halogens is 2. The summed E-state index contributed by atoms with van der Waals surface area (Å²) in [6, 6.07) is 8.43. The highest BCUT2D eigenvalue weighted by Gasteiger charge is 2.19. The van der Waals surface area contributed by atoms with Gasteiger partial charge in [-0.2, -0.15) is 15.2 Å². The second-order valence-corrected chi connectivity index (χ2v) is 5.04. The molecule has 0 saturated carbocycles. The van der Waals surface area contributed by atoms with E-state index in [1.807, 2.05) is 6.07 Å². The Labute approximate surface area is 141 Å². The van der Waals surface area contributed by atoms with Gasteiger partial charge in [0.1, 0.15) is 11.6 Å². The summed E-state index contributed by atoms with van der Waals surface area (Å²) in [6.45, 7) is 1.78. The maximum Gasteiger partial charge on any atom is 0.279 e. The molecule has 0 bridgehead atoms. The number of benzene rings is 1. The van der Waals surface area contributed by atoms with Gasteiger partial charge in [-0.05, 0) is 37.3 Å². The summed E-state index contributed by atoms with van der Waals surface area (Å²) in [6.07, 6.45) is 1.64. The smallest absolute Gasteiger partial charge is 0.279 e. The van der Waals surface area contributed by atoms with Crippen LogP contribution in [0.3, 0.4) is 0 Å². The van der Waals surface area contributed by atoms with Gasteiger partial charge >= 0.3 is 0 Å². The third-order valence-corrected chi connectivity index (χ3v) is 3.40. The van der Waals surface area contributed by atoms with E-state index in [0.717, 1.165) is 18.2 Å². The third kappa shape index (κ3) is 3.47. The molecule has 25 heavy (non-hydrogen) atoms. The summed E-state index contributed by atoms with van der Waals surface area (Å²) in [5, 5.41) is 11.5. The Balaban J connectivity index is 2.08. The van der Waals surface area contributed by atoms with E-state index in [-0.39, 0.29) is 17.3 Å². The molecule has 0 atom stereocenters. The van der Waals surface area contributed by atoms with Crippen molar-refractivity contribution in [3.8, 4) is 11.4 Å². The van der Waals surface area contributed by atoms with Gasteiger partial charge in [-0.15, -0.1) is 0 Å². The molecule has 0 aliphatic carbocycles. The first-order chi connectivity index (χ1) is 12.1. The number of azo groups is 1. The second kappa shape index (κ2) is 7.08. The molecular weight excluding hydrogens is 328 g/mol. The van der Waals surface area contributed by atoms with Crippen molar-refractivity contribution in [3.05, 3.63) is 65.8 Å². The summed E-state index contributed by atoms with van der Waals surface area (Å²) in [5.74, 6) is -1.30. The van der Waals surface area contributed by atoms with Gasteiger partial charge in [-0.3, -0.25) is 4.98 Å². The molecule has 2 heterocycles. The van der Waals surface area contributed by atoms with Crippen molar-refractivity contribution in [3.63, 3.8) is 0 Å². The number of allylic oxidation sites excluding steroid dienone is 1. The van der Waals surface area contributed by atoms with Crippen molar-refractivity contribution in [2.24, 2.45) is 10.2 Å². The average molecular weight is 341 g/mol. The largest absolute Gasteiger partial charge is 0.332 e. The molecule has 6 nitrogen and oxygen atoms in total. The molecule has 0 fully saturated rings. The maximum atomic E-state index is 13.9. The molecule has 8 heteroatoms. The minimum absolute atomic E-state index is 0.0346. The van der Waals surface area contributed by atoms with Crippen LogP contribution < -0.4 is 0 Å². The lowest BCUT2D eigenvalue weighted by Gasteiger charge is -2.02. The van der Waals surface area contributed by atoms with E-state index in [1.54, 1.807) is 25.3 Å². The zero-order valence-corrected chi connectivity index (χ0v) is 13.4. The van der Waals surface area contributed by atoms with Crippen LogP contribution in [-0.4, -0.2) is 22.2 Å². The fourth-order valence-corrected chi connectivity index (χ4v) is 2.18. The Hall–Kier alpha value is -3.29. The van der Waals surface area contributed by atoms with Crippen LogP contribution in [0, 0.1) is 11.6 Å². The SMILES string of the molecule is CN=N/C(=C(\C)c1ccccn1)c1nc(-c2cc(F)ccc2F)no1. The van der Waals surface area contributed by atoms with Crippen LogP contribution in [-0.2, 0) is 0 Å². The fraction of sp³-hybridized carbons (Fsp3) is 0.118. The predicted molar refractivity (Wildman–Crippen MR) is 87.2 cm³/mol. The van der Waals surface area contributed by atoms with Crippen LogP contribution in [0.4, 0.5) is 8.78 Å². The minimum Gasteiger partial charge on any atom is -0.332 e. The molecule has 0 aliphatic heterocycles. The van der Waals surface area contributed by atoms with E-state index in [0.29, 0.717) is 17.0 Å². The van der Waals surface area contributed by atoms with Crippen molar-refractivity contribution in [2.45, 2.75) is 6.92 Å². The van der Waals surface area contributed by atoms with Gasteiger partial charge in [0, 0.05) is 18.8 Å². The van der Waals surface area contributed by atoms with E-state index in [4.69, 9.17) is 4.52 Å². The standard InChI is InChI=1S/C17H13F2N5O/c1-10(14-5-3-4-8-21-14)15(23-20-2)17-22-16(24-25-17)12-9-11(18)6-7-13(12)19/h3-9H,1-2H3/b15-10+,23-20?. The Kier molecular flexibility index (Phi) is 4.69. The molecule has 3 rings (SSSR count). The highest BCUT2D eigenvalue weighted by molar-refractivity contribution is 5.85. The first-order valence-corrected chi connectivity index (χ1v) is 7.31. The van der Waals surface area contributed by atoms with Crippen LogP contribution >= 0.6 is 0 Å². The van der Waals surface area contributed by atoms with Gasteiger partial charge in [-0.1, -0.05) is 11.2 Å². The maximum absolute atomic E-state index is 13.9. The summed E-state index contributed by atoms with van der Waals surface area (Å²) < 4.78 is 32.4. The molecule has 0 spiro atoms. The number of pyridine rings is 1. The summed E-state index contributed by atoms with van der Waals surface area (Å²) in [4.78, 5) is 8.36. The van der Waals surface area contributed by atoms with Gasteiger partial charge in [-0.25, -0.2) is 8.78 Å². The van der Waals surface area contributed by atoms with Crippen molar-refractivity contribution in [2.75, 3.05) is 7.05 Å². The van der Waals surface area contributed by atoms with Crippen molar-refractivity contribution in [1.82, 2.24) is 15.1 Å². The van der Waals surface area contributed by atoms with E-state index < -0.39 is 11.6 Å². The van der Waals surface area contributed by atoms with E-state index >= 15 is 0 Å². The van der Waals surface area contributed by atoms with Crippen molar-refractivity contribution >= 4 is 11.3 Å². The van der Waals surface area contributed by atoms with Crippen LogP contribution in [0.1, 0.15) is 18.5 Å². The van der Waals surface area contributed by atoms with E-state index in [2.05, 4.69) is 25.4 Å².